The first kappa shape index (κ1) is 16.8. The Labute approximate surface area is 111 Å². The summed E-state index contributed by atoms with van der Waals surface area (Å²) in [6, 6.07) is -0.592. The van der Waals surface area contributed by atoms with Gasteiger partial charge in [0.15, 0.2) is 0 Å². The fraction of sp³-hybridized carbons (Fsp3) is 0.923. The zero-order chi connectivity index (χ0) is 13.1. The van der Waals surface area contributed by atoms with Gasteiger partial charge in [0.25, 0.3) is 0 Å². The molecule has 0 aromatic heterocycles. The lowest BCUT2D eigenvalue weighted by atomic mass is 10.1. The Hall–Kier alpha value is -0.220. The largest absolute Gasteiger partial charge is 0.461 e. The molecule has 0 bridgehead atoms. The predicted octanol–water partition coefficient (Wildman–Crippen LogP) is 2.93. The van der Waals surface area contributed by atoms with Gasteiger partial charge in [-0.15, -0.1) is 0 Å². The molecule has 1 unspecified atom stereocenters. The van der Waals surface area contributed by atoms with E-state index in [4.69, 9.17) is 10.5 Å². The Morgan fingerprint density at radius 2 is 1.82 bits per heavy atom. The van der Waals surface area contributed by atoms with Crippen LogP contribution in [-0.2, 0) is 9.53 Å². The highest BCUT2D eigenvalue weighted by atomic mass is 32.1. The third kappa shape index (κ3) is 9.48. The number of nitrogens with two attached hydrogens (primary N) is 1. The van der Waals surface area contributed by atoms with Crippen LogP contribution < -0.4 is 5.73 Å². The second kappa shape index (κ2) is 10.9. The molecule has 0 radical (unpaired) electrons. The molecule has 0 saturated carbocycles. The van der Waals surface area contributed by atoms with E-state index in [1.54, 1.807) is 0 Å². The number of carbonyl (C=O) groups is 1. The Bertz CT molecular complexity index is 200. The Morgan fingerprint density at radius 1 is 1.24 bits per heavy atom. The van der Waals surface area contributed by atoms with E-state index in [9.17, 15) is 4.79 Å². The summed E-state index contributed by atoms with van der Waals surface area (Å²) in [5, 5.41) is 0. The molecule has 2 N–H and O–H groups in total. The molecule has 0 rings (SSSR count). The van der Waals surface area contributed by atoms with E-state index < -0.39 is 6.04 Å². The van der Waals surface area contributed by atoms with Gasteiger partial charge in [0, 0.05) is 5.75 Å². The van der Waals surface area contributed by atoms with Gasteiger partial charge in [-0.3, -0.25) is 4.79 Å². The molecule has 0 saturated heterocycles. The van der Waals surface area contributed by atoms with Gasteiger partial charge in [0.2, 0.25) is 0 Å². The van der Waals surface area contributed by atoms with Crippen LogP contribution in [0.4, 0.5) is 0 Å². The second-order valence-corrected chi connectivity index (χ2v) is 4.96. The molecule has 0 aliphatic carbocycles. The van der Waals surface area contributed by atoms with Gasteiger partial charge < -0.3 is 10.5 Å². The molecule has 102 valence electrons. The quantitative estimate of drug-likeness (QED) is 0.361. The minimum absolute atomic E-state index is 0.0281. The van der Waals surface area contributed by atoms with Crippen LogP contribution >= 0.6 is 12.6 Å². The first-order valence-corrected chi connectivity index (χ1v) is 7.32. The standard InChI is InChI=1S/C13H27NO2S/c1-3-4-5-6-7-8-9-11(2)16-13(15)12(14)10-17/h11-12,17H,3-10,14H2,1-2H3/t11?,12-/m0/s1. The lowest BCUT2D eigenvalue weighted by Gasteiger charge is -2.15. The molecule has 17 heavy (non-hydrogen) atoms. The number of unbranched alkanes of at least 4 members (excludes halogenated alkanes) is 5. The first-order chi connectivity index (χ1) is 8.11. The summed E-state index contributed by atoms with van der Waals surface area (Å²) < 4.78 is 5.22. The predicted molar refractivity (Wildman–Crippen MR) is 75.4 cm³/mol. The highest BCUT2D eigenvalue weighted by molar-refractivity contribution is 7.80. The lowest BCUT2D eigenvalue weighted by Crippen LogP contribution is -2.35. The molecule has 0 spiro atoms. The summed E-state index contributed by atoms with van der Waals surface area (Å²) in [5.74, 6) is 0.00115. The number of hydrogen-bond donors (Lipinski definition) is 2. The molecule has 0 aromatic rings. The van der Waals surface area contributed by atoms with Gasteiger partial charge in [-0.25, -0.2) is 0 Å². The highest BCUT2D eigenvalue weighted by Crippen LogP contribution is 2.10. The molecule has 0 heterocycles. The lowest BCUT2D eigenvalue weighted by molar-refractivity contribution is -0.149. The van der Waals surface area contributed by atoms with Gasteiger partial charge in [-0.05, 0) is 19.8 Å². The van der Waals surface area contributed by atoms with E-state index >= 15 is 0 Å². The van der Waals surface area contributed by atoms with Crippen LogP contribution in [0, 0.1) is 0 Å². The van der Waals surface area contributed by atoms with Gasteiger partial charge in [-0.2, -0.15) is 12.6 Å². The van der Waals surface area contributed by atoms with Crippen molar-refractivity contribution in [3.63, 3.8) is 0 Å². The Kier molecular flexibility index (Phi) is 10.8. The highest BCUT2D eigenvalue weighted by Gasteiger charge is 2.15. The molecule has 2 atom stereocenters. The third-order valence-corrected chi connectivity index (χ3v) is 3.17. The molecule has 0 aromatic carbocycles. The van der Waals surface area contributed by atoms with Crippen molar-refractivity contribution >= 4 is 18.6 Å². The molecule has 0 amide bonds. The van der Waals surface area contributed by atoms with E-state index in [2.05, 4.69) is 19.6 Å². The van der Waals surface area contributed by atoms with Gasteiger partial charge >= 0.3 is 5.97 Å². The van der Waals surface area contributed by atoms with Crippen LogP contribution in [-0.4, -0.2) is 23.9 Å². The molecular formula is C13H27NO2S. The van der Waals surface area contributed by atoms with Gasteiger partial charge in [0.1, 0.15) is 6.04 Å². The average molecular weight is 261 g/mol. The minimum atomic E-state index is -0.592. The van der Waals surface area contributed by atoms with Crippen LogP contribution in [0.3, 0.4) is 0 Å². The van der Waals surface area contributed by atoms with Crippen molar-refractivity contribution in [2.75, 3.05) is 5.75 Å². The van der Waals surface area contributed by atoms with Crippen molar-refractivity contribution in [1.82, 2.24) is 0 Å². The van der Waals surface area contributed by atoms with Crippen molar-refractivity contribution < 1.29 is 9.53 Å². The van der Waals surface area contributed by atoms with Crippen LogP contribution in [0.15, 0.2) is 0 Å². The Morgan fingerprint density at radius 3 is 2.41 bits per heavy atom. The van der Waals surface area contributed by atoms with Crippen molar-refractivity contribution in [3.8, 4) is 0 Å². The van der Waals surface area contributed by atoms with Crippen molar-refractivity contribution in [2.45, 2.75) is 70.9 Å². The maximum Gasteiger partial charge on any atom is 0.324 e. The first-order valence-electron chi connectivity index (χ1n) is 6.68. The fourth-order valence-electron chi connectivity index (χ4n) is 1.63. The number of rotatable bonds is 10. The fourth-order valence-corrected chi connectivity index (χ4v) is 1.78. The molecule has 0 fully saturated rings. The van der Waals surface area contributed by atoms with Gasteiger partial charge in [-0.1, -0.05) is 39.0 Å². The number of thiol groups is 1. The maximum absolute atomic E-state index is 11.4. The van der Waals surface area contributed by atoms with Crippen LogP contribution in [0.1, 0.15) is 58.8 Å². The van der Waals surface area contributed by atoms with Crippen molar-refractivity contribution in [2.24, 2.45) is 5.73 Å². The Balaban J connectivity index is 3.46. The number of hydrogen-bond acceptors (Lipinski definition) is 4. The summed E-state index contributed by atoms with van der Waals surface area (Å²) in [7, 11) is 0. The van der Waals surface area contributed by atoms with E-state index in [1.165, 1.54) is 32.1 Å². The third-order valence-electron chi connectivity index (χ3n) is 2.78. The zero-order valence-corrected chi connectivity index (χ0v) is 12.0. The summed E-state index contributed by atoms with van der Waals surface area (Å²) in [4.78, 5) is 11.4. The number of carbonyl (C=O) groups excluding carboxylic acids is 1. The maximum atomic E-state index is 11.4. The molecule has 3 nitrogen and oxygen atoms in total. The number of ether oxygens (including phenoxy) is 1. The summed E-state index contributed by atoms with van der Waals surface area (Å²) in [6.45, 7) is 4.14. The minimum Gasteiger partial charge on any atom is -0.461 e. The van der Waals surface area contributed by atoms with E-state index in [1.807, 2.05) is 6.92 Å². The number of esters is 1. The molecule has 0 aliphatic rings. The monoisotopic (exact) mass is 261 g/mol. The summed E-state index contributed by atoms with van der Waals surface area (Å²) >= 11 is 3.97. The topological polar surface area (TPSA) is 52.3 Å². The van der Waals surface area contributed by atoms with Crippen LogP contribution in [0.2, 0.25) is 0 Å². The van der Waals surface area contributed by atoms with E-state index in [-0.39, 0.29) is 12.1 Å². The van der Waals surface area contributed by atoms with Crippen molar-refractivity contribution in [1.29, 1.82) is 0 Å². The molecule has 4 heteroatoms. The van der Waals surface area contributed by atoms with Crippen LogP contribution in [0.5, 0.6) is 0 Å². The zero-order valence-electron chi connectivity index (χ0n) is 11.2. The van der Waals surface area contributed by atoms with E-state index in [0.717, 1.165) is 12.8 Å². The summed E-state index contributed by atoms with van der Waals surface area (Å²) in [6.07, 6.45) is 8.43. The summed E-state index contributed by atoms with van der Waals surface area (Å²) in [5.41, 5.74) is 5.52. The second-order valence-electron chi connectivity index (χ2n) is 4.59. The van der Waals surface area contributed by atoms with Crippen LogP contribution in [0.25, 0.3) is 0 Å². The van der Waals surface area contributed by atoms with E-state index in [0.29, 0.717) is 5.75 Å². The average Bonchev–Trinajstić information content (AvgIpc) is 2.32. The smallest absolute Gasteiger partial charge is 0.324 e. The molecular weight excluding hydrogens is 234 g/mol. The van der Waals surface area contributed by atoms with Crippen molar-refractivity contribution in [3.05, 3.63) is 0 Å². The van der Waals surface area contributed by atoms with Gasteiger partial charge in [0.05, 0.1) is 6.10 Å². The molecule has 0 aliphatic heterocycles. The normalized spacial score (nSPS) is 14.4. The SMILES string of the molecule is CCCCCCCCC(C)OC(=O)[C@@H](N)CS.